The molecule has 0 aliphatic heterocycles. The van der Waals surface area contributed by atoms with E-state index in [0.717, 1.165) is 18.4 Å². The van der Waals surface area contributed by atoms with E-state index in [1.54, 1.807) is 0 Å². The Hall–Kier alpha value is -1.03. The van der Waals surface area contributed by atoms with Gasteiger partial charge in [0.15, 0.2) is 0 Å². The zero-order valence-electron chi connectivity index (χ0n) is 13.3. The average Bonchev–Trinajstić information content (AvgIpc) is 2.21. The van der Waals surface area contributed by atoms with E-state index in [1.807, 2.05) is 31.3 Å². The number of carbonyl (C=O) groups excluding carboxylic acids is 1. The van der Waals surface area contributed by atoms with Crippen LogP contribution in [-0.2, 0) is 9.22 Å². The first kappa shape index (κ1) is 16.0. The Balaban J connectivity index is 2.92. The van der Waals surface area contributed by atoms with Gasteiger partial charge in [0.05, 0.1) is 0 Å². The molecular weight excluding hydrogens is 254 g/mol. The maximum absolute atomic E-state index is 12.4. The van der Waals surface area contributed by atoms with E-state index in [0.29, 0.717) is 5.76 Å². The number of hydrogen-bond acceptors (Lipinski definition) is 3. The number of ketones is 1. The normalized spacial score (nSPS) is 19.4. The molecule has 0 bridgehead atoms. The van der Waals surface area contributed by atoms with Crippen molar-refractivity contribution in [3.8, 4) is 0 Å². The molecular formula is C15H27NO2Si. The summed E-state index contributed by atoms with van der Waals surface area (Å²) in [7, 11) is 1.94. The lowest BCUT2D eigenvalue weighted by atomic mass is 9.99. The Bertz CT molecular complexity index is 414. The second-order valence-corrected chi connectivity index (χ2v) is 11.6. The van der Waals surface area contributed by atoms with Gasteiger partial charge in [-0.05, 0) is 37.0 Å². The van der Waals surface area contributed by atoms with E-state index in [4.69, 9.17) is 4.43 Å². The van der Waals surface area contributed by atoms with Crippen LogP contribution in [0.4, 0.5) is 0 Å². The third kappa shape index (κ3) is 3.96. The van der Waals surface area contributed by atoms with Crippen LogP contribution in [0.2, 0.25) is 18.1 Å². The van der Waals surface area contributed by atoms with Crippen molar-refractivity contribution in [2.75, 3.05) is 14.1 Å². The summed E-state index contributed by atoms with van der Waals surface area (Å²) in [6.45, 7) is 10.9. The lowest BCUT2D eigenvalue weighted by Crippen LogP contribution is -2.41. The average molecular weight is 281 g/mol. The highest BCUT2D eigenvalue weighted by atomic mass is 28.4. The van der Waals surface area contributed by atoms with E-state index in [-0.39, 0.29) is 10.8 Å². The van der Waals surface area contributed by atoms with Crippen LogP contribution >= 0.6 is 0 Å². The second-order valence-electron chi connectivity index (χ2n) is 6.92. The molecule has 0 saturated carbocycles. The first-order chi connectivity index (χ1) is 8.54. The van der Waals surface area contributed by atoms with E-state index in [9.17, 15) is 4.79 Å². The zero-order valence-corrected chi connectivity index (χ0v) is 14.3. The van der Waals surface area contributed by atoms with Crippen molar-refractivity contribution in [1.82, 2.24) is 4.90 Å². The molecule has 0 aromatic heterocycles. The molecule has 19 heavy (non-hydrogen) atoms. The molecule has 0 heterocycles. The fourth-order valence-electron chi connectivity index (χ4n) is 1.67. The van der Waals surface area contributed by atoms with Crippen LogP contribution in [0.15, 0.2) is 23.6 Å². The lowest BCUT2D eigenvalue weighted by Gasteiger charge is -2.37. The fraction of sp³-hybridized carbons (Fsp3) is 0.667. The van der Waals surface area contributed by atoms with Crippen LogP contribution in [0.25, 0.3) is 0 Å². The number of allylic oxidation sites excluding steroid dienone is 2. The lowest BCUT2D eigenvalue weighted by molar-refractivity contribution is -0.114. The van der Waals surface area contributed by atoms with Crippen molar-refractivity contribution < 1.29 is 9.22 Å². The number of carbonyl (C=O) groups is 1. The van der Waals surface area contributed by atoms with Crippen molar-refractivity contribution >= 4 is 14.1 Å². The van der Waals surface area contributed by atoms with E-state index >= 15 is 0 Å². The summed E-state index contributed by atoms with van der Waals surface area (Å²) < 4.78 is 6.16. The maximum atomic E-state index is 12.4. The highest BCUT2D eigenvalue weighted by molar-refractivity contribution is 6.74. The molecule has 0 amide bonds. The van der Waals surface area contributed by atoms with Crippen molar-refractivity contribution in [3.63, 3.8) is 0 Å². The summed E-state index contributed by atoms with van der Waals surface area (Å²) in [6.07, 6.45) is 5.55. The quantitative estimate of drug-likeness (QED) is 0.583. The van der Waals surface area contributed by atoms with Crippen molar-refractivity contribution in [3.05, 3.63) is 23.6 Å². The first-order valence-corrected chi connectivity index (χ1v) is 9.76. The van der Waals surface area contributed by atoms with Gasteiger partial charge in [-0.25, -0.2) is 0 Å². The van der Waals surface area contributed by atoms with Gasteiger partial charge in [-0.2, -0.15) is 0 Å². The molecule has 0 aromatic carbocycles. The molecule has 3 nitrogen and oxygen atoms in total. The summed E-state index contributed by atoms with van der Waals surface area (Å²) in [5, 5.41) is 0.108. The summed E-state index contributed by atoms with van der Waals surface area (Å²) in [6, 6.07) is 0. The molecule has 0 unspecified atom stereocenters. The molecule has 0 saturated heterocycles. The summed E-state index contributed by atoms with van der Waals surface area (Å²) >= 11 is 0. The molecule has 0 aromatic rings. The zero-order chi connectivity index (χ0) is 14.8. The van der Waals surface area contributed by atoms with Crippen LogP contribution in [-0.4, -0.2) is 33.1 Å². The third-order valence-electron chi connectivity index (χ3n) is 3.84. The van der Waals surface area contributed by atoms with Gasteiger partial charge in [-0.15, -0.1) is 0 Å². The van der Waals surface area contributed by atoms with Crippen molar-refractivity contribution in [1.29, 1.82) is 0 Å². The van der Waals surface area contributed by atoms with Crippen LogP contribution in [0.1, 0.15) is 33.6 Å². The number of hydrogen-bond donors (Lipinski definition) is 0. The Kier molecular flexibility index (Phi) is 4.66. The molecule has 1 rings (SSSR count). The van der Waals surface area contributed by atoms with Gasteiger partial charge < -0.3 is 9.33 Å². The van der Waals surface area contributed by atoms with Crippen LogP contribution in [0.3, 0.4) is 0 Å². The largest absolute Gasteiger partial charge is 0.541 e. The molecule has 4 heteroatoms. The minimum Gasteiger partial charge on any atom is -0.541 e. The summed E-state index contributed by atoms with van der Waals surface area (Å²) in [4.78, 5) is 14.3. The van der Waals surface area contributed by atoms with Gasteiger partial charge in [-0.1, -0.05) is 20.8 Å². The fourth-order valence-corrected chi connectivity index (χ4v) is 2.71. The van der Waals surface area contributed by atoms with Crippen LogP contribution < -0.4 is 0 Å². The Morgan fingerprint density at radius 2 is 1.89 bits per heavy atom. The van der Waals surface area contributed by atoms with E-state index in [2.05, 4.69) is 33.9 Å². The van der Waals surface area contributed by atoms with E-state index in [1.165, 1.54) is 0 Å². The van der Waals surface area contributed by atoms with E-state index < -0.39 is 8.32 Å². The van der Waals surface area contributed by atoms with Gasteiger partial charge in [0.2, 0.25) is 5.78 Å². The second kappa shape index (κ2) is 5.53. The van der Waals surface area contributed by atoms with Gasteiger partial charge in [0.25, 0.3) is 8.32 Å². The number of Topliss-reactive ketones (excluding diaryl/α,β-unsaturated/α-hetero) is 1. The van der Waals surface area contributed by atoms with Gasteiger partial charge >= 0.3 is 0 Å². The van der Waals surface area contributed by atoms with Gasteiger partial charge in [0, 0.05) is 25.9 Å². The summed E-state index contributed by atoms with van der Waals surface area (Å²) in [5.41, 5.74) is 0.848. The highest BCUT2D eigenvalue weighted by Gasteiger charge is 2.40. The molecule has 1 aliphatic carbocycles. The molecule has 108 valence electrons. The van der Waals surface area contributed by atoms with Gasteiger partial charge in [0.1, 0.15) is 5.76 Å². The monoisotopic (exact) mass is 281 g/mol. The molecule has 0 spiro atoms. The molecule has 1 aliphatic rings. The summed E-state index contributed by atoms with van der Waals surface area (Å²) in [5.74, 6) is 0.621. The third-order valence-corrected chi connectivity index (χ3v) is 8.19. The van der Waals surface area contributed by atoms with Crippen molar-refractivity contribution in [2.24, 2.45) is 0 Å². The topological polar surface area (TPSA) is 29.5 Å². The van der Waals surface area contributed by atoms with Crippen LogP contribution in [0.5, 0.6) is 0 Å². The Morgan fingerprint density at radius 1 is 1.32 bits per heavy atom. The Labute approximate surface area is 118 Å². The molecule has 0 N–H and O–H groups in total. The first-order valence-electron chi connectivity index (χ1n) is 6.85. The molecule has 0 atom stereocenters. The number of nitrogens with zero attached hydrogens (tertiary/aromatic N) is 1. The maximum Gasteiger partial charge on any atom is 0.250 e. The van der Waals surface area contributed by atoms with Crippen LogP contribution in [0, 0.1) is 0 Å². The Morgan fingerprint density at radius 3 is 2.37 bits per heavy atom. The molecule has 0 fully saturated rings. The molecule has 0 radical (unpaired) electrons. The van der Waals surface area contributed by atoms with Crippen molar-refractivity contribution in [2.45, 2.75) is 51.7 Å². The predicted molar refractivity (Wildman–Crippen MR) is 82.4 cm³/mol. The minimum atomic E-state index is -1.93. The SMILES string of the molecule is CN(C)C=C1CCC=C(O[Si](C)(C)C(C)(C)C)C1=O. The smallest absolute Gasteiger partial charge is 0.250 e. The highest BCUT2D eigenvalue weighted by Crippen LogP contribution is 2.39. The predicted octanol–water partition coefficient (Wildman–Crippen LogP) is 3.70. The standard InChI is InChI=1S/C15H27NO2Si/c1-15(2,3)19(6,7)18-13-10-8-9-12(14(13)17)11-16(4)5/h10-11H,8-9H2,1-7H3. The minimum absolute atomic E-state index is 0.0600. The number of rotatable bonds is 3. The van der Waals surface area contributed by atoms with Gasteiger partial charge in [-0.3, -0.25) is 4.79 Å².